The van der Waals surface area contributed by atoms with Crippen molar-refractivity contribution >= 4 is 5.97 Å². The maximum absolute atomic E-state index is 12.4. The van der Waals surface area contributed by atoms with Gasteiger partial charge in [-0.2, -0.15) is 0 Å². The van der Waals surface area contributed by atoms with Gasteiger partial charge in [0.15, 0.2) is 5.60 Å². The molecule has 0 saturated heterocycles. The molecule has 5 nitrogen and oxygen atoms in total. The molecule has 4 saturated carbocycles. The third-order valence-electron chi connectivity index (χ3n) is 10.6. The second kappa shape index (κ2) is 8.85. The molecule has 0 heterocycles. The molecule has 0 bridgehead atoms. The van der Waals surface area contributed by atoms with E-state index in [1.165, 1.54) is 38.5 Å². The van der Waals surface area contributed by atoms with Gasteiger partial charge in [-0.1, -0.05) is 27.7 Å². The van der Waals surface area contributed by atoms with Crippen molar-refractivity contribution in [3.63, 3.8) is 0 Å². The Kier molecular flexibility index (Phi) is 6.77. The fraction of sp³-hybridized carbons (Fsp3) is 0.963. The van der Waals surface area contributed by atoms with Gasteiger partial charge in [-0.25, -0.2) is 4.79 Å². The first-order valence-electron chi connectivity index (χ1n) is 13.4. The number of carboxylic acids is 1. The second-order valence-electron chi connectivity index (χ2n) is 12.5. The molecule has 4 aliphatic rings. The SMILES string of the molecule is CCOC1(C(=O)O)C[C@@]2(C)C(CC[C@@H]3[C@H]2CC[C@]2(C)C(NCCC(C)C)CC[C@@H]32)CC1O. The van der Waals surface area contributed by atoms with Crippen LogP contribution in [-0.2, 0) is 9.53 Å². The van der Waals surface area contributed by atoms with Gasteiger partial charge in [0.25, 0.3) is 0 Å². The van der Waals surface area contributed by atoms with Gasteiger partial charge >= 0.3 is 5.97 Å². The fourth-order valence-electron chi connectivity index (χ4n) is 8.91. The number of ether oxygens (including phenoxy) is 1. The number of nitrogens with one attached hydrogen (secondary N) is 1. The lowest BCUT2D eigenvalue weighted by Gasteiger charge is -2.63. The molecule has 184 valence electrons. The van der Waals surface area contributed by atoms with E-state index in [1.54, 1.807) is 0 Å². The van der Waals surface area contributed by atoms with Crippen LogP contribution in [0.3, 0.4) is 0 Å². The summed E-state index contributed by atoms with van der Waals surface area (Å²) in [6.07, 6.45) is 8.70. The largest absolute Gasteiger partial charge is 0.479 e. The van der Waals surface area contributed by atoms with E-state index in [4.69, 9.17) is 4.74 Å². The molecule has 0 aliphatic heterocycles. The van der Waals surface area contributed by atoms with E-state index in [-0.39, 0.29) is 5.41 Å². The topological polar surface area (TPSA) is 78.8 Å². The normalized spacial score (nSPS) is 48.2. The van der Waals surface area contributed by atoms with Crippen molar-refractivity contribution in [2.75, 3.05) is 13.2 Å². The molecule has 4 rings (SSSR count). The smallest absolute Gasteiger partial charge is 0.338 e. The Hall–Kier alpha value is -0.650. The molecule has 4 unspecified atom stereocenters. The minimum Gasteiger partial charge on any atom is -0.479 e. The lowest BCUT2D eigenvalue weighted by atomic mass is 9.43. The summed E-state index contributed by atoms with van der Waals surface area (Å²) >= 11 is 0. The summed E-state index contributed by atoms with van der Waals surface area (Å²) in [6, 6.07) is 0.618. The summed E-state index contributed by atoms with van der Waals surface area (Å²) in [5.74, 6) is 2.10. The quantitative estimate of drug-likeness (QED) is 0.517. The van der Waals surface area contributed by atoms with Crippen molar-refractivity contribution in [1.29, 1.82) is 0 Å². The van der Waals surface area contributed by atoms with Gasteiger partial charge in [0.05, 0.1) is 6.10 Å². The van der Waals surface area contributed by atoms with Crippen molar-refractivity contribution in [3.8, 4) is 0 Å². The summed E-state index contributed by atoms with van der Waals surface area (Å²) < 4.78 is 5.87. The highest BCUT2D eigenvalue weighted by Crippen LogP contribution is 2.67. The molecule has 0 spiro atoms. The molecule has 4 aliphatic carbocycles. The fourth-order valence-corrected chi connectivity index (χ4v) is 8.91. The Balaban J connectivity index is 1.55. The summed E-state index contributed by atoms with van der Waals surface area (Å²) in [7, 11) is 0. The molecule has 32 heavy (non-hydrogen) atoms. The third kappa shape index (κ3) is 3.75. The summed E-state index contributed by atoms with van der Waals surface area (Å²) in [4.78, 5) is 12.4. The lowest BCUT2D eigenvalue weighted by Crippen LogP contribution is -2.64. The van der Waals surface area contributed by atoms with Crippen molar-refractivity contribution < 1.29 is 19.7 Å². The molecule has 0 aromatic heterocycles. The van der Waals surface area contributed by atoms with E-state index in [0.717, 1.165) is 24.8 Å². The Morgan fingerprint density at radius 2 is 1.81 bits per heavy atom. The number of aliphatic hydroxyl groups excluding tert-OH is 1. The number of aliphatic carboxylic acids is 1. The van der Waals surface area contributed by atoms with Gasteiger partial charge in [-0.15, -0.1) is 0 Å². The molecular weight excluding hydrogens is 402 g/mol. The van der Waals surface area contributed by atoms with E-state index >= 15 is 0 Å². The monoisotopic (exact) mass is 449 g/mol. The van der Waals surface area contributed by atoms with Crippen molar-refractivity contribution in [1.82, 2.24) is 5.32 Å². The van der Waals surface area contributed by atoms with Gasteiger partial charge in [-0.3, -0.25) is 0 Å². The molecule has 4 fully saturated rings. The minimum absolute atomic E-state index is 0.0693. The maximum Gasteiger partial charge on any atom is 0.338 e. The lowest BCUT2D eigenvalue weighted by molar-refractivity contribution is -0.227. The minimum atomic E-state index is -1.45. The molecular formula is C27H47NO4. The Morgan fingerprint density at radius 3 is 2.47 bits per heavy atom. The van der Waals surface area contributed by atoms with Gasteiger partial charge < -0.3 is 20.3 Å². The number of hydrogen-bond acceptors (Lipinski definition) is 4. The van der Waals surface area contributed by atoms with Crippen molar-refractivity contribution in [2.45, 2.75) is 110 Å². The Bertz CT molecular complexity index is 697. The first-order chi connectivity index (χ1) is 15.1. The van der Waals surface area contributed by atoms with Crippen LogP contribution in [-0.4, -0.2) is 47.1 Å². The van der Waals surface area contributed by atoms with E-state index in [9.17, 15) is 15.0 Å². The van der Waals surface area contributed by atoms with Crippen LogP contribution in [0.2, 0.25) is 0 Å². The number of carboxylic acid groups (broad SMARTS) is 1. The van der Waals surface area contributed by atoms with Crippen LogP contribution in [0.15, 0.2) is 0 Å². The van der Waals surface area contributed by atoms with Gasteiger partial charge in [0.2, 0.25) is 0 Å². The number of aliphatic hydroxyl groups is 1. The van der Waals surface area contributed by atoms with Gasteiger partial charge in [0, 0.05) is 12.6 Å². The van der Waals surface area contributed by atoms with Crippen LogP contribution in [0, 0.1) is 40.4 Å². The van der Waals surface area contributed by atoms with Crippen molar-refractivity contribution in [3.05, 3.63) is 0 Å². The Morgan fingerprint density at radius 1 is 1.09 bits per heavy atom. The standard InChI is InChI=1S/C27H47NO4/c1-6-32-27(24(30)31)16-26(5)18(15-23(27)29)7-8-19-20-9-10-22(28-14-12-17(2)3)25(20,4)13-11-21(19)26/h17-23,28-29H,6-16H2,1-5H3,(H,30,31)/t18?,19-,20-,21+,22?,23?,25-,26-,27?/m0/s1. The highest BCUT2D eigenvalue weighted by atomic mass is 16.5. The number of rotatable bonds is 7. The van der Waals surface area contributed by atoms with E-state index < -0.39 is 17.7 Å². The highest BCUT2D eigenvalue weighted by Gasteiger charge is 2.65. The van der Waals surface area contributed by atoms with E-state index in [1.807, 2.05) is 6.92 Å². The maximum atomic E-state index is 12.4. The molecule has 0 aromatic carbocycles. The zero-order valence-corrected chi connectivity index (χ0v) is 21.0. The Labute approximate surface area is 195 Å². The zero-order valence-electron chi connectivity index (χ0n) is 21.0. The van der Waals surface area contributed by atoms with Gasteiger partial charge in [0.1, 0.15) is 0 Å². The number of carbonyl (C=O) groups is 1. The highest BCUT2D eigenvalue weighted by molar-refractivity contribution is 5.78. The average Bonchev–Trinajstić information content (AvgIpc) is 3.05. The molecule has 9 atom stereocenters. The molecule has 0 aromatic rings. The predicted molar refractivity (Wildman–Crippen MR) is 126 cm³/mol. The van der Waals surface area contributed by atoms with Crippen LogP contribution < -0.4 is 5.32 Å². The first-order valence-corrected chi connectivity index (χ1v) is 13.4. The van der Waals surface area contributed by atoms with Crippen molar-refractivity contribution in [2.24, 2.45) is 40.4 Å². The van der Waals surface area contributed by atoms with Crippen LogP contribution in [0.25, 0.3) is 0 Å². The van der Waals surface area contributed by atoms with Crippen LogP contribution in [0.4, 0.5) is 0 Å². The average molecular weight is 450 g/mol. The van der Waals surface area contributed by atoms with Crippen LogP contribution in [0.1, 0.15) is 92.4 Å². The first kappa shape index (κ1) is 24.5. The molecule has 0 amide bonds. The number of hydrogen-bond donors (Lipinski definition) is 3. The summed E-state index contributed by atoms with van der Waals surface area (Å²) in [5.41, 5.74) is -1.15. The predicted octanol–water partition coefficient (Wildman–Crippen LogP) is 4.86. The molecule has 5 heteroatoms. The molecule has 3 N–H and O–H groups in total. The number of fused-ring (bicyclic) bond motifs is 5. The van der Waals surface area contributed by atoms with Crippen LogP contribution in [0.5, 0.6) is 0 Å². The second-order valence-corrected chi connectivity index (χ2v) is 12.5. The van der Waals surface area contributed by atoms with Gasteiger partial charge in [-0.05, 0) is 112 Å². The zero-order chi connectivity index (χ0) is 23.3. The van der Waals surface area contributed by atoms with E-state index in [2.05, 4.69) is 33.0 Å². The third-order valence-corrected chi connectivity index (χ3v) is 10.6. The van der Waals surface area contributed by atoms with E-state index in [0.29, 0.717) is 48.7 Å². The molecule has 0 radical (unpaired) electrons. The van der Waals surface area contributed by atoms with Crippen LogP contribution >= 0.6 is 0 Å². The summed E-state index contributed by atoms with van der Waals surface area (Å²) in [6.45, 7) is 12.8. The summed E-state index contributed by atoms with van der Waals surface area (Å²) in [5, 5.41) is 25.0.